The summed E-state index contributed by atoms with van der Waals surface area (Å²) in [5.74, 6) is 0. The van der Waals surface area contributed by atoms with Crippen LogP contribution in [0.4, 0.5) is 0 Å². The summed E-state index contributed by atoms with van der Waals surface area (Å²) in [6.07, 6.45) is 4.82. The predicted octanol–water partition coefficient (Wildman–Crippen LogP) is 3.46. The van der Waals surface area contributed by atoms with Crippen molar-refractivity contribution in [1.82, 2.24) is 9.97 Å². The Morgan fingerprint density at radius 1 is 1.12 bits per heavy atom. The minimum absolute atomic E-state index is 0.950. The number of hydrogen-bond donors (Lipinski definition) is 1. The number of nitrogens with zero attached hydrogens (tertiary/aromatic N) is 1. The molecule has 0 aliphatic rings. The number of fused-ring (bicyclic) bond motifs is 1. The fourth-order valence-electron chi connectivity index (χ4n) is 2.08. The average molecular weight is 222 g/mol. The topological polar surface area (TPSA) is 28.7 Å². The molecule has 0 aliphatic carbocycles. The lowest BCUT2D eigenvalue weighted by Crippen LogP contribution is -1.86. The molecule has 2 aromatic heterocycles. The summed E-state index contributed by atoms with van der Waals surface area (Å²) >= 11 is 0. The molecule has 0 amide bonds. The summed E-state index contributed by atoms with van der Waals surface area (Å²) < 4.78 is 0. The normalized spacial score (nSPS) is 10.9. The maximum atomic E-state index is 4.30. The SMILES string of the molecule is Cc1ccc(Cc2c[nH]c3ncccc23)cc1. The molecule has 1 N–H and O–H groups in total. The first-order chi connectivity index (χ1) is 8.33. The molecule has 0 atom stereocenters. The van der Waals surface area contributed by atoms with Crippen LogP contribution in [0.1, 0.15) is 16.7 Å². The maximum absolute atomic E-state index is 4.30. The second-order valence-corrected chi connectivity index (χ2v) is 4.38. The van der Waals surface area contributed by atoms with Crippen LogP contribution in [0.2, 0.25) is 0 Å². The van der Waals surface area contributed by atoms with Gasteiger partial charge in [0.15, 0.2) is 0 Å². The van der Waals surface area contributed by atoms with Crippen molar-refractivity contribution in [2.45, 2.75) is 13.3 Å². The summed E-state index contributed by atoms with van der Waals surface area (Å²) in [6, 6.07) is 12.8. The van der Waals surface area contributed by atoms with Crippen molar-refractivity contribution in [3.63, 3.8) is 0 Å². The molecule has 84 valence electrons. The molecule has 0 saturated carbocycles. The van der Waals surface area contributed by atoms with Gasteiger partial charge in [-0.3, -0.25) is 0 Å². The van der Waals surface area contributed by atoms with Crippen LogP contribution >= 0.6 is 0 Å². The molecule has 0 aliphatic heterocycles. The van der Waals surface area contributed by atoms with Crippen LogP contribution in [-0.4, -0.2) is 9.97 Å². The lowest BCUT2D eigenvalue weighted by atomic mass is 10.0. The lowest BCUT2D eigenvalue weighted by Gasteiger charge is -2.00. The number of benzene rings is 1. The van der Waals surface area contributed by atoms with Gasteiger partial charge in [0, 0.05) is 17.8 Å². The van der Waals surface area contributed by atoms with Crippen LogP contribution in [0, 0.1) is 6.92 Å². The minimum Gasteiger partial charge on any atom is -0.346 e. The number of nitrogens with one attached hydrogen (secondary N) is 1. The van der Waals surface area contributed by atoms with Crippen LogP contribution in [0.5, 0.6) is 0 Å². The van der Waals surface area contributed by atoms with E-state index >= 15 is 0 Å². The maximum Gasteiger partial charge on any atom is 0.137 e. The Morgan fingerprint density at radius 3 is 2.76 bits per heavy atom. The molecule has 3 rings (SSSR count). The quantitative estimate of drug-likeness (QED) is 0.706. The Hall–Kier alpha value is -2.09. The predicted molar refractivity (Wildman–Crippen MR) is 70.1 cm³/mol. The smallest absolute Gasteiger partial charge is 0.137 e. The molecule has 0 spiro atoms. The number of aromatic amines is 1. The van der Waals surface area contributed by atoms with Crippen LogP contribution in [-0.2, 0) is 6.42 Å². The Labute approximate surface area is 100 Å². The molecule has 3 aromatic rings. The molecule has 2 nitrogen and oxygen atoms in total. The van der Waals surface area contributed by atoms with E-state index in [2.05, 4.69) is 53.4 Å². The van der Waals surface area contributed by atoms with Crippen molar-refractivity contribution in [2.24, 2.45) is 0 Å². The highest BCUT2D eigenvalue weighted by molar-refractivity contribution is 5.79. The highest BCUT2D eigenvalue weighted by Crippen LogP contribution is 2.19. The van der Waals surface area contributed by atoms with Gasteiger partial charge >= 0.3 is 0 Å². The van der Waals surface area contributed by atoms with Crippen LogP contribution in [0.15, 0.2) is 48.8 Å². The van der Waals surface area contributed by atoms with E-state index in [0.717, 1.165) is 12.1 Å². The molecule has 0 bridgehead atoms. The summed E-state index contributed by atoms with van der Waals surface area (Å²) in [5, 5.41) is 1.22. The summed E-state index contributed by atoms with van der Waals surface area (Å²) in [5.41, 5.74) is 4.90. The van der Waals surface area contributed by atoms with Gasteiger partial charge in [0.2, 0.25) is 0 Å². The van der Waals surface area contributed by atoms with Gasteiger partial charge in [-0.25, -0.2) is 4.98 Å². The third-order valence-corrected chi connectivity index (χ3v) is 3.05. The Kier molecular flexibility index (Phi) is 2.41. The molecule has 0 fully saturated rings. The molecule has 17 heavy (non-hydrogen) atoms. The first kappa shape index (κ1) is 10.1. The van der Waals surface area contributed by atoms with Crippen molar-refractivity contribution in [3.8, 4) is 0 Å². The van der Waals surface area contributed by atoms with E-state index in [0.29, 0.717) is 0 Å². The second-order valence-electron chi connectivity index (χ2n) is 4.38. The van der Waals surface area contributed by atoms with Crippen molar-refractivity contribution >= 4 is 11.0 Å². The second kappa shape index (κ2) is 4.06. The molecule has 2 heteroatoms. The first-order valence-electron chi connectivity index (χ1n) is 5.79. The fourth-order valence-corrected chi connectivity index (χ4v) is 2.08. The van der Waals surface area contributed by atoms with Crippen LogP contribution in [0.25, 0.3) is 11.0 Å². The van der Waals surface area contributed by atoms with Crippen LogP contribution < -0.4 is 0 Å². The van der Waals surface area contributed by atoms with Gasteiger partial charge in [0.1, 0.15) is 5.65 Å². The van der Waals surface area contributed by atoms with E-state index in [4.69, 9.17) is 0 Å². The zero-order chi connectivity index (χ0) is 11.7. The molecular weight excluding hydrogens is 208 g/mol. The van der Waals surface area contributed by atoms with E-state index in [-0.39, 0.29) is 0 Å². The van der Waals surface area contributed by atoms with E-state index in [9.17, 15) is 0 Å². The molecule has 2 heterocycles. The number of aromatic nitrogens is 2. The standard InChI is InChI=1S/C15H14N2/c1-11-4-6-12(7-5-11)9-13-10-17-15-14(13)3-2-8-16-15/h2-8,10H,9H2,1H3,(H,16,17). The van der Waals surface area contributed by atoms with Gasteiger partial charge in [-0.2, -0.15) is 0 Å². The van der Waals surface area contributed by atoms with E-state index in [1.807, 2.05) is 12.3 Å². The number of pyridine rings is 1. The third kappa shape index (κ3) is 1.94. The number of H-pyrrole nitrogens is 1. The summed E-state index contributed by atoms with van der Waals surface area (Å²) in [4.78, 5) is 7.51. The summed E-state index contributed by atoms with van der Waals surface area (Å²) in [6.45, 7) is 2.11. The molecular formula is C15H14N2. The van der Waals surface area contributed by atoms with Gasteiger partial charge in [0.25, 0.3) is 0 Å². The Bertz CT molecular complexity index is 635. The lowest BCUT2D eigenvalue weighted by molar-refractivity contribution is 1.20. The summed E-state index contributed by atoms with van der Waals surface area (Å²) in [7, 11) is 0. The zero-order valence-electron chi connectivity index (χ0n) is 9.77. The number of aryl methyl sites for hydroxylation is 1. The van der Waals surface area contributed by atoms with Gasteiger partial charge in [-0.1, -0.05) is 29.8 Å². The first-order valence-corrected chi connectivity index (χ1v) is 5.79. The largest absolute Gasteiger partial charge is 0.346 e. The van der Waals surface area contributed by atoms with E-state index < -0.39 is 0 Å². The van der Waals surface area contributed by atoms with Crippen molar-refractivity contribution in [2.75, 3.05) is 0 Å². The van der Waals surface area contributed by atoms with E-state index in [1.54, 1.807) is 0 Å². The highest BCUT2D eigenvalue weighted by atomic mass is 14.8. The van der Waals surface area contributed by atoms with Crippen molar-refractivity contribution in [1.29, 1.82) is 0 Å². The van der Waals surface area contributed by atoms with Gasteiger partial charge in [-0.15, -0.1) is 0 Å². The monoisotopic (exact) mass is 222 g/mol. The minimum atomic E-state index is 0.950. The Morgan fingerprint density at radius 2 is 1.94 bits per heavy atom. The zero-order valence-corrected chi connectivity index (χ0v) is 9.77. The van der Waals surface area contributed by atoms with Gasteiger partial charge in [-0.05, 0) is 36.6 Å². The number of hydrogen-bond acceptors (Lipinski definition) is 1. The molecule has 0 unspecified atom stereocenters. The van der Waals surface area contributed by atoms with Gasteiger partial charge < -0.3 is 4.98 Å². The third-order valence-electron chi connectivity index (χ3n) is 3.05. The molecule has 1 aromatic carbocycles. The average Bonchev–Trinajstić information content (AvgIpc) is 2.76. The Balaban J connectivity index is 1.97. The fraction of sp³-hybridized carbons (Fsp3) is 0.133. The van der Waals surface area contributed by atoms with Crippen molar-refractivity contribution < 1.29 is 0 Å². The van der Waals surface area contributed by atoms with E-state index in [1.165, 1.54) is 22.1 Å². The van der Waals surface area contributed by atoms with Gasteiger partial charge in [0.05, 0.1) is 0 Å². The molecule has 0 saturated heterocycles. The van der Waals surface area contributed by atoms with Crippen molar-refractivity contribution in [3.05, 3.63) is 65.5 Å². The molecule has 0 radical (unpaired) electrons. The van der Waals surface area contributed by atoms with Crippen LogP contribution in [0.3, 0.4) is 0 Å². The number of rotatable bonds is 2. The highest BCUT2D eigenvalue weighted by Gasteiger charge is 2.04.